The summed E-state index contributed by atoms with van der Waals surface area (Å²) in [6.07, 6.45) is 5.33. The van der Waals surface area contributed by atoms with Crippen molar-refractivity contribution in [1.29, 1.82) is 0 Å². The minimum absolute atomic E-state index is 0.109. The Morgan fingerprint density at radius 1 is 1.43 bits per heavy atom. The number of piperidine rings is 1. The van der Waals surface area contributed by atoms with Gasteiger partial charge in [0.15, 0.2) is 0 Å². The molecular formula is C15H24N4O2. The number of hydrogen-bond acceptors (Lipinski definition) is 5. The minimum Gasteiger partial charge on any atom is -0.370 e. The fourth-order valence-electron chi connectivity index (χ4n) is 2.85. The molecule has 1 atom stereocenters. The highest BCUT2D eigenvalue weighted by Crippen LogP contribution is 2.33. The Morgan fingerprint density at radius 2 is 2.24 bits per heavy atom. The smallest absolute Gasteiger partial charge is 0.311 e. The van der Waals surface area contributed by atoms with Crippen molar-refractivity contribution < 1.29 is 4.92 Å². The molecule has 2 rings (SSSR count). The van der Waals surface area contributed by atoms with E-state index in [9.17, 15) is 10.1 Å². The lowest BCUT2D eigenvalue weighted by atomic mass is 10.00. The van der Waals surface area contributed by atoms with Crippen LogP contribution in [0.15, 0.2) is 12.1 Å². The van der Waals surface area contributed by atoms with E-state index in [1.165, 1.54) is 6.42 Å². The van der Waals surface area contributed by atoms with Crippen molar-refractivity contribution >= 4 is 17.3 Å². The van der Waals surface area contributed by atoms with Gasteiger partial charge in [-0.3, -0.25) is 10.1 Å². The van der Waals surface area contributed by atoms with Gasteiger partial charge in [0.05, 0.1) is 4.92 Å². The number of rotatable bonds is 6. The van der Waals surface area contributed by atoms with Crippen LogP contribution in [0.2, 0.25) is 0 Å². The number of anilines is 2. The SMILES string of the molecule is CCCNc1ccc([N+](=O)[O-])c(N2CCCCC2CC)n1. The third-order valence-corrected chi connectivity index (χ3v) is 3.98. The lowest BCUT2D eigenvalue weighted by molar-refractivity contribution is -0.384. The first-order valence-electron chi connectivity index (χ1n) is 7.83. The minimum atomic E-state index is -0.326. The van der Waals surface area contributed by atoms with Gasteiger partial charge in [0, 0.05) is 25.2 Å². The highest BCUT2D eigenvalue weighted by Gasteiger charge is 2.28. The molecule has 116 valence electrons. The molecule has 1 aromatic heterocycles. The molecule has 1 saturated heterocycles. The number of nitrogens with zero attached hydrogens (tertiary/aromatic N) is 3. The van der Waals surface area contributed by atoms with Crippen molar-refractivity contribution in [3.05, 3.63) is 22.2 Å². The molecule has 0 amide bonds. The Kier molecular flexibility index (Phi) is 5.36. The standard InChI is InChI=1S/C15H24N4O2/c1-3-10-16-14-9-8-13(19(20)21)15(17-14)18-11-6-5-7-12(18)4-2/h8-9,12H,3-7,10-11H2,1-2H3,(H,16,17). The van der Waals surface area contributed by atoms with Crippen LogP contribution >= 0.6 is 0 Å². The molecule has 1 unspecified atom stereocenters. The van der Waals surface area contributed by atoms with Gasteiger partial charge in [0.25, 0.3) is 0 Å². The largest absolute Gasteiger partial charge is 0.370 e. The summed E-state index contributed by atoms with van der Waals surface area (Å²) in [6, 6.07) is 3.62. The van der Waals surface area contributed by atoms with Crippen LogP contribution < -0.4 is 10.2 Å². The lowest BCUT2D eigenvalue weighted by Gasteiger charge is -2.35. The van der Waals surface area contributed by atoms with Crippen LogP contribution in [0.25, 0.3) is 0 Å². The summed E-state index contributed by atoms with van der Waals surface area (Å²) >= 11 is 0. The second kappa shape index (κ2) is 7.24. The van der Waals surface area contributed by atoms with Crippen LogP contribution in [0.4, 0.5) is 17.3 Å². The van der Waals surface area contributed by atoms with Gasteiger partial charge in [-0.05, 0) is 38.2 Å². The summed E-state index contributed by atoms with van der Waals surface area (Å²) < 4.78 is 0. The number of aromatic nitrogens is 1. The maximum absolute atomic E-state index is 11.3. The molecule has 1 fully saturated rings. The average molecular weight is 292 g/mol. The Bertz CT molecular complexity index is 493. The zero-order valence-electron chi connectivity index (χ0n) is 12.8. The van der Waals surface area contributed by atoms with Crippen molar-refractivity contribution in [2.24, 2.45) is 0 Å². The molecule has 21 heavy (non-hydrogen) atoms. The van der Waals surface area contributed by atoms with Gasteiger partial charge in [-0.1, -0.05) is 13.8 Å². The second-order valence-electron chi connectivity index (χ2n) is 5.47. The first kappa shape index (κ1) is 15.5. The first-order valence-corrected chi connectivity index (χ1v) is 7.83. The Morgan fingerprint density at radius 3 is 2.90 bits per heavy atom. The Hall–Kier alpha value is -1.85. The molecule has 0 aliphatic carbocycles. The average Bonchev–Trinajstić information content (AvgIpc) is 2.52. The van der Waals surface area contributed by atoms with Crippen LogP contribution in [0, 0.1) is 10.1 Å². The normalized spacial score (nSPS) is 18.6. The molecule has 2 heterocycles. The van der Waals surface area contributed by atoms with Gasteiger partial charge in [0.2, 0.25) is 5.82 Å². The van der Waals surface area contributed by atoms with E-state index < -0.39 is 0 Å². The molecule has 1 aromatic rings. The fourth-order valence-corrected chi connectivity index (χ4v) is 2.85. The van der Waals surface area contributed by atoms with Crippen molar-refractivity contribution in [2.75, 3.05) is 23.3 Å². The van der Waals surface area contributed by atoms with E-state index in [1.54, 1.807) is 12.1 Å². The lowest BCUT2D eigenvalue weighted by Crippen LogP contribution is -2.40. The van der Waals surface area contributed by atoms with Crippen LogP contribution in [0.5, 0.6) is 0 Å². The van der Waals surface area contributed by atoms with E-state index >= 15 is 0 Å². The second-order valence-corrected chi connectivity index (χ2v) is 5.47. The van der Waals surface area contributed by atoms with Gasteiger partial charge >= 0.3 is 5.69 Å². The molecule has 0 aromatic carbocycles. The van der Waals surface area contributed by atoms with Crippen LogP contribution in [0.3, 0.4) is 0 Å². The molecule has 0 saturated carbocycles. The molecule has 0 radical (unpaired) electrons. The summed E-state index contributed by atoms with van der Waals surface area (Å²) in [6.45, 7) is 5.89. The van der Waals surface area contributed by atoms with E-state index in [-0.39, 0.29) is 10.6 Å². The molecule has 0 spiro atoms. The fraction of sp³-hybridized carbons (Fsp3) is 0.667. The Labute approximate surface area is 125 Å². The van der Waals surface area contributed by atoms with Crippen LogP contribution in [0.1, 0.15) is 46.0 Å². The van der Waals surface area contributed by atoms with E-state index in [2.05, 4.69) is 29.0 Å². The predicted octanol–water partition coefficient (Wildman–Crippen LogP) is 3.58. The van der Waals surface area contributed by atoms with Crippen molar-refractivity contribution in [3.8, 4) is 0 Å². The van der Waals surface area contributed by atoms with E-state index in [0.717, 1.165) is 44.6 Å². The zero-order chi connectivity index (χ0) is 15.2. The van der Waals surface area contributed by atoms with Crippen molar-refractivity contribution in [3.63, 3.8) is 0 Å². The summed E-state index contributed by atoms with van der Waals surface area (Å²) in [5.41, 5.74) is 0.109. The third-order valence-electron chi connectivity index (χ3n) is 3.98. The zero-order valence-corrected chi connectivity index (χ0v) is 12.8. The number of nitrogens with one attached hydrogen (secondary N) is 1. The molecular weight excluding hydrogens is 268 g/mol. The summed E-state index contributed by atoms with van der Waals surface area (Å²) in [5.74, 6) is 1.24. The number of nitro groups is 1. The molecule has 6 heteroatoms. The van der Waals surface area contributed by atoms with E-state index in [4.69, 9.17) is 0 Å². The highest BCUT2D eigenvalue weighted by atomic mass is 16.6. The van der Waals surface area contributed by atoms with Gasteiger partial charge < -0.3 is 10.2 Å². The summed E-state index contributed by atoms with van der Waals surface area (Å²) in [5, 5.41) is 14.5. The van der Waals surface area contributed by atoms with Crippen LogP contribution in [-0.2, 0) is 0 Å². The summed E-state index contributed by atoms with van der Waals surface area (Å²) in [4.78, 5) is 17.6. The van der Waals surface area contributed by atoms with Gasteiger partial charge in [-0.15, -0.1) is 0 Å². The number of pyridine rings is 1. The molecule has 0 bridgehead atoms. The van der Waals surface area contributed by atoms with Crippen molar-refractivity contribution in [1.82, 2.24) is 4.98 Å². The Balaban J connectivity index is 2.34. The quantitative estimate of drug-likeness (QED) is 0.641. The topological polar surface area (TPSA) is 71.3 Å². The van der Waals surface area contributed by atoms with Gasteiger partial charge in [0.1, 0.15) is 5.82 Å². The molecule has 1 N–H and O–H groups in total. The first-order chi connectivity index (χ1) is 10.2. The monoisotopic (exact) mass is 292 g/mol. The van der Waals surface area contributed by atoms with E-state index in [1.807, 2.05) is 0 Å². The van der Waals surface area contributed by atoms with Crippen LogP contribution in [-0.4, -0.2) is 29.0 Å². The highest BCUT2D eigenvalue weighted by molar-refractivity contribution is 5.62. The van der Waals surface area contributed by atoms with Crippen molar-refractivity contribution in [2.45, 2.75) is 52.0 Å². The number of hydrogen-bond donors (Lipinski definition) is 1. The maximum Gasteiger partial charge on any atom is 0.311 e. The van der Waals surface area contributed by atoms with Gasteiger partial charge in [-0.2, -0.15) is 0 Å². The predicted molar refractivity (Wildman–Crippen MR) is 84.9 cm³/mol. The maximum atomic E-state index is 11.3. The molecule has 6 nitrogen and oxygen atoms in total. The van der Waals surface area contributed by atoms with Gasteiger partial charge in [-0.25, -0.2) is 4.98 Å². The van der Waals surface area contributed by atoms with E-state index in [0.29, 0.717) is 11.9 Å². The third kappa shape index (κ3) is 3.62. The summed E-state index contributed by atoms with van der Waals surface area (Å²) in [7, 11) is 0. The molecule has 1 aliphatic rings. The molecule has 1 aliphatic heterocycles.